The van der Waals surface area contributed by atoms with Gasteiger partial charge < -0.3 is 58.8 Å². The van der Waals surface area contributed by atoms with Crippen LogP contribution in [0.25, 0.3) is 11.3 Å². The molecule has 0 bridgehead atoms. The number of benzene rings is 8. The summed E-state index contributed by atoms with van der Waals surface area (Å²) in [5.41, 5.74) is 5.68. The summed E-state index contributed by atoms with van der Waals surface area (Å²) in [5.74, 6) is -4.00. The number of nitro groups is 3. The fourth-order valence-corrected chi connectivity index (χ4v) is 9.60. The molecule has 9 rings (SSSR count). The average Bonchev–Trinajstić information content (AvgIpc) is 1.80. The van der Waals surface area contributed by atoms with E-state index in [0.29, 0.717) is 33.9 Å². The Labute approximate surface area is 575 Å². The van der Waals surface area contributed by atoms with Gasteiger partial charge in [0.25, 0.3) is 17.1 Å². The molecule has 0 unspecified atom stereocenters. The number of aromatic nitrogens is 1. The second kappa shape index (κ2) is 35.6. The number of non-ortho nitro benzene ring substituents is 3. The van der Waals surface area contributed by atoms with Crippen LogP contribution in [0.4, 0.5) is 17.1 Å². The molecule has 526 valence electrons. The number of esters is 2. The third-order valence-electron chi connectivity index (χ3n) is 13.7. The molecule has 9 aromatic rings. The Morgan fingerprint density at radius 1 is 0.436 bits per heavy atom. The van der Waals surface area contributed by atoms with Crippen molar-refractivity contribution in [1.82, 2.24) is 5.16 Å². The Morgan fingerprint density at radius 2 is 0.802 bits per heavy atom. The number of carbonyl (C=O) groups is 7. The molecule has 0 saturated heterocycles. The maximum absolute atomic E-state index is 12.7. The van der Waals surface area contributed by atoms with Crippen molar-refractivity contribution in [2.24, 2.45) is 0 Å². The number of ketones is 5. The minimum atomic E-state index is -1.06. The molecule has 1 aromatic heterocycles. The van der Waals surface area contributed by atoms with Gasteiger partial charge in [-0.05, 0) is 164 Å². The van der Waals surface area contributed by atoms with Crippen LogP contribution in [-0.2, 0) is 19.1 Å². The molecule has 1 heterocycles. The van der Waals surface area contributed by atoms with Crippen LogP contribution >= 0.6 is 0 Å². The van der Waals surface area contributed by atoms with E-state index in [1.165, 1.54) is 106 Å². The van der Waals surface area contributed by atoms with Gasteiger partial charge in [-0.15, -0.1) is 0 Å². The van der Waals surface area contributed by atoms with Crippen LogP contribution in [0.5, 0.6) is 69.0 Å². The molecule has 6 N–H and O–H groups in total. The zero-order chi connectivity index (χ0) is 75.3. The summed E-state index contributed by atoms with van der Waals surface area (Å²) in [4.78, 5) is 112. The zero-order valence-electron chi connectivity index (χ0n) is 56.1. The Balaban J connectivity index is 0.000000237. The summed E-state index contributed by atoms with van der Waals surface area (Å²) in [6, 6.07) is 32.4. The van der Waals surface area contributed by atoms with Gasteiger partial charge in [0.1, 0.15) is 80.1 Å². The smallest absolute Gasteiger partial charge is 0.375 e. The van der Waals surface area contributed by atoms with Crippen molar-refractivity contribution in [1.29, 1.82) is 0 Å². The number of hydrogen-bond acceptors (Lipinski definition) is 26. The Morgan fingerprint density at radius 3 is 1.21 bits per heavy atom. The number of ether oxygens (including phenoxy) is 5. The number of rotatable bonds is 20. The number of phenols is 6. The Bertz CT molecular complexity index is 4500. The number of phenolic OH excluding ortho intramolecular Hbond substituents is 6. The quantitative estimate of drug-likeness (QED) is 0.0103. The van der Waals surface area contributed by atoms with Gasteiger partial charge in [-0.2, -0.15) is 0 Å². The lowest BCUT2D eigenvalue weighted by Gasteiger charge is -2.14. The van der Waals surface area contributed by atoms with Crippen molar-refractivity contribution in [2.45, 2.75) is 82.6 Å². The van der Waals surface area contributed by atoms with Crippen LogP contribution in [0.1, 0.15) is 126 Å². The summed E-state index contributed by atoms with van der Waals surface area (Å²) in [6.45, 7) is 18.5. The molecule has 0 fully saturated rings. The van der Waals surface area contributed by atoms with Gasteiger partial charge in [0.05, 0.1) is 51.1 Å². The van der Waals surface area contributed by atoms with Gasteiger partial charge >= 0.3 is 11.9 Å². The fourth-order valence-electron chi connectivity index (χ4n) is 9.60. The van der Waals surface area contributed by atoms with Crippen LogP contribution in [0.3, 0.4) is 0 Å². The van der Waals surface area contributed by atoms with Gasteiger partial charge in [0.15, 0.2) is 34.6 Å². The maximum Gasteiger partial charge on any atom is 0.375 e. The van der Waals surface area contributed by atoms with Gasteiger partial charge in [-0.25, -0.2) is 9.59 Å². The number of carbonyl (C=O) groups excluding carboxylic acids is 7. The van der Waals surface area contributed by atoms with E-state index in [1.807, 2.05) is 46.8 Å². The average molecular weight is 1390 g/mol. The SMILES string of the molecule is CC(=O)c1c(C)cc(C)cc1O.CC(=O)c1c(C)cc(C)cc1Oc1ccc([N+](=O)[O-])cc1.CC(=O)c1c(O)cc(O)cc1O.CCOC(=O)C(=O)CC(=O)c1c(C)cc(C)cc1Oc1ccc([N+](=O)[O-])cc1.CCOC(=O)c1cc(-c2c(O)cc(O)cc2Oc2ccc([N+](=O)[O-])cc2)on1. The van der Waals surface area contributed by atoms with Gasteiger partial charge in [0, 0.05) is 66.7 Å². The van der Waals surface area contributed by atoms with E-state index in [4.69, 9.17) is 38.8 Å². The summed E-state index contributed by atoms with van der Waals surface area (Å²) in [6.07, 6.45) is -0.640. The lowest BCUT2D eigenvalue weighted by atomic mass is 9.98. The first-order chi connectivity index (χ1) is 47.5. The predicted molar refractivity (Wildman–Crippen MR) is 362 cm³/mol. The molecule has 29 nitrogen and oxygen atoms in total. The van der Waals surface area contributed by atoms with Gasteiger partial charge in [-0.3, -0.25) is 54.3 Å². The lowest BCUT2D eigenvalue weighted by molar-refractivity contribution is -0.385. The number of hydrogen-bond donors (Lipinski definition) is 6. The molecule has 0 radical (unpaired) electrons. The lowest BCUT2D eigenvalue weighted by Crippen LogP contribution is -2.21. The summed E-state index contributed by atoms with van der Waals surface area (Å²) in [5, 5.41) is 92.2. The first-order valence-corrected chi connectivity index (χ1v) is 30.0. The van der Waals surface area contributed by atoms with Crippen LogP contribution in [0.15, 0.2) is 144 Å². The Hall–Kier alpha value is -13.3. The summed E-state index contributed by atoms with van der Waals surface area (Å²) < 4.78 is 31.7. The number of aromatic hydroxyl groups is 6. The maximum atomic E-state index is 12.7. The predicted octanol–water partition coefficient (Wildman–Crippen LogP) is 14.8. The minimum absolute atomic E-state index is 0.00235. The molecule has 0 atom stereocenters. The van der Waals surface area contributed by atoms with E-state index < -0.39 is 62.0 Å². The second-order valence-electron chi connectivity index (χ2n) is 21.9. The molecule has 29 heteroatoms. The van der Waals surface area contributed by atoms with Crippen molar-refractivity contribution in [3.8, 4) is 80.3 Å². The second-order valence-corrected chi connectivity index (χ2v) is 21.9. The third kappa shape index (κ3) is 22.1. The highest BCUT2D eigenvalue weighted by atomic mass is 16.6. The van der Waals surface area contributed by atoms with E-state index >= 15 is 0 Å². The molecular formula is C72H68N4O25. The molecular weight excluding hydrogens is 1320 g/mol. The van der Waals surface area contributed by atoms with Crippen LogP contribution in [0.2, 0.25) is 0 Å². The molecule has 0 amide bonds. The molecule has 0 saturated carbocycles. The third-order valence-corrected chi connectivity index (χ3v) is 13.7. The molecule has 101 heavy (non-hydrogen) atoms. The minimum Gasteiger partial charge on any atom is -0.508 e. The van der Waals surface area contributed by atoms with E-state index in [9.17, 15) is 79.2 Å². The fraction of sp³-hybridized carbons (Fsp3) is 0.194. The number of nitrogens with zero attached hydrogens (tertiary/aromatic N) is 4. The molecule has 0 aliphatic heterocycles. The van der Waals surface area contributed by atoms with Crippen LogP contribution < -0.4 is 14.2 Å². The van der Waals surface area contributed by atoms with Crippen molar-refractivity contribution >= 4 is 57.9 Å². The van der Waals surface area contributed by atoms with Gasteiger partial charge in [0.2, 0.25) is 5.78 Å². The van der Waals surface area contributed by atoms with Crippen LogP contribution in [-0.4, -0.2) is 105 Å². The van der Waals surface area contributed by atoms with Crippen LogP contribution in [0, 0.1) is 71.9 Å². The molecule has 8 aromatic carbocycles. The summed E-state index contributed by atoms with van der Waals surface area (Å²) in [7, 11) is 0. The Kier molecular flexibility index (Phi) is 27.6. The highest BCUT2D eigenvalue weighted by molar-refractivity contribution is 6.38. The molecule has 0 aliphatic rings. The normalized spacial score (nSPS) is 10.2. The van der Waals surface area contributed by atoms with E-state index in [-0.39, 0.29) is 110 Å². The standard InChI is InChI=1S/C20H19NO7.C18H14N2O8.C16H15NO4.C10H12O2.C8H8O4/c1-4-27-20(24)17(23)11-16(22)19-13(3)9-12(2)10-18(19)28-15-7-5-14(6-8-15)21(25)26;1-2-26-18(23)13-9-16(28-19-13)17-14(22)7-11(21)8-15(17)27-12-5-3-10(4-6-12)20(24)25;1-10-8-11(2)16(12(3)18)15(9-10)21-14-6-4-13(5-7-14)17(19)20;1-6-4-7(2)10(8(3)11)9(12)5-6;1-4(9)8-6(11)2-5(10)3-7(8)12/h5-10H,4,11H2,1-3H3;3-9,21-22H,2H2,1H3;4-9H,1-3H3;4-5,12H,1-3H3;2-3,10-12H,1H3. The summed E-state index contributed by atoms with van der Waals surface area (Å²) >= 11 is 0. The first kappa shape index (κ1) is 78.4. The van der Waals surface area contributed by atoms with Crippen molar-refractivity contribution < 1.29 is 107 Å². The topological polar surface area (TPSA) is 442 Å². The highest BCUT2D eigenvalue weighted by Crippen LogP contribution is 2.44. The highest BCUT2D eigenvalue weighted by Gasteiger charge is 2.26. The molecule has 0 aliphatic carbocycles. The van der Waals surface area contributed by atoms with E-state index in [2.05, 4.69) is 9.89 Å². The monoisotopic (exact) mass is 1390 g/mol. The van der Waals surface area contributed by atoms with E-state index in [1.54, 1.807) is 45.0 Å². The number of nitro benzene ring substituents is 3. The van der Waals surface area contributed by atoms with Crippen molar-refractivity contribution in [2.75, 3.05) is 13.2 Å². The van der Waals surface area contributed by atoms with E-state index in [0.717, 1.165) is 46.0 Å². The van der Waals surface area contributed by atoms with Crippen molar-refractivity contribution in [3.63, 3.8) is 0 Å². The van der Waals surface area contributed by atoms with Crippen molar-refractivity contribution in [3.05, 3.63) is 231 Å². The molecule has 0 spiro atoms. The first-order valence-electron chi connectivity index (χ1n) is 30.0. The number of aryl methyl sites for hydroxylation is 6. The largest absolute Gasteiger partial charge is 0.508 e. The number of Topliss-reactive ketones (excluding diaryl/α,β-unsaturated/α-hetero) is 5. The van der Waals surface area contributed by atoms with Gasteiger partial charge in [-0.1, -0.05) is 23.4 Å². The zero-order valence-corrected chi connectivity index (χ0v) is 56.1.